The maximum atomic E-state index is 13.3. The number of anilines is 1. The molecule has 0 unspecified atom stereocenters. The van der Waals surface area contributed by atoms with E-state index in [2.05, 4.69) is 20.4 Å². The van der Waals surface area contributed by atoms with Gasteiger partial charge < -0.3 is 15.1 Å². The third-order valence-corrected chi connectivity index (χ3v) is 4.83. The van der Waals surface area contributed by atoms with Gasteiger partial charge >= 0.3 is 0 Å². The summed E-state index contributed by atoms with van der Waals surface area (Å²) in [5.41, 5.74) is 2.13. The van der Waals surface area contributed by atoms with Gasteiger partial charge in [0, 0.05) is 37.8 Å². The average molecular weight is 368 g/mol. The molecule has 140 valence electrons. The predicted octanol–water partition coefficient (Wildman–Crippen LogP) is 2.63. The van der Waals surface area contributed by atoms with Crippen LogP contribution in [0.25, 0.3) is 0 Å². The van der Waals surface area contributed by atoms with Gasteiger partial charge in [0.05, 0.1) is 5.71 Å². The summed E-state index contributed by atoms with van der Waals surface area (Å²) >= 11 is 0. The maximum Gasteiger partial charge on any atom is 0.264 e. The van der Waals surface area contributed by atoms with Crippen molar-refractivity contribution in [2.75, 3.05) is 18.0 Å². The van der Waals surface area contributed by atoms with Crippen LogP contribution in [0.3, 0.4) is 0 Å². The second kappa shape index (κ2) is 7.73. The van der Waals surface area contributed by atoms with E-state index in [0.29, 0.717) is 24.2 Å². The number of carbonyl (C=O) groups excluding carboxylic acids is 1. The molecule has 2 aliphatic rings. The van der Waals surface area contributed by atoms with Crippen LogP contribution < -0.4 is 10.2 Å². The fourth-order valence-electron chi connectivity index (χ4n) is 3.31. The zero-order chi connectivity index (χ0) is 18.6. The fourth-order valence-corrected chi connectivity index (χ4v) is 3.31. The first-order valence-corrected chi connectivity index (χ1v) is 9.15. The van der Waals surface area contributed by atoms with Gasteiger partial charge in [-0.15, -0.1) is 0 Å². The molecule has 2 aliphatic heterocycles. The Balaban J connectivity index is 1.29. The summed E-state index contributed by atoms with van der Waals surface area (Å²) in [7, 11) is 0. The number of carbonyl (C=O) groups is 1. The van der Waals surface area contributed by atoms with Crippen molar-refractivity contribution in [1.82, 2.24) is 10.3 Å². The Bertz CT molecular complexity index is 847. The molecule has 27 heavy (non-hydrogen) atoms. The second-order valence-corrected chi connectivity index (χ2v) is 6.78. The standard InChI is InChI=1S/C20H21FN4O2/c21-16-5-3-4-15(10-16)17-11-18(27-24-17)20(26)23-13-14-6-7-19(22-12-14)25-8-1-2-9-25/h3-7,10,12,18H,1-2,8-9,11,13H2,(H,23,26)/t18-/m1/s1. The number of oxime groups is 1. The summed E-state index contributed by atoms with van der Waals surface area (Å²) in [5, 5.41) is 6.78. The molecule has 0 aliphatic carbocycles. The third kappa shape index (κ3) is 4.07. The van der Waals surface area contributed by atoms with Gasteiger partial charge in [0.2, 0.25) is 6.10 Å². The van der Waals surface area contributed by atoms with Crippen LogP contribution in [-0.4, -0.2) is 35.8 Å². The van der Waals surface area contributed by atoms with E-state index in [1.165, 1.54) is 25.0 Å². The molecule has 1 aromatic carbocycles. The minimum atomic E-state index is -0.694. The molecule has 1 amide bonds. The SMILES string of the molecule is O=C(NCc1ccc(N2CCCC2)nc1)[C@H]1CC(c2cccc(F)c2)=NO1. The molecule has 0 bridgehead atoms. The van der Waals surface area contributed by atoms with Crippen molar-refractivity contribution in [1.29, 1.82) is 0 Å². The summed E-state index contributed by atoms with van der Waals surface area (Å²) < 4.78 is 13.3. The summed E-state index contributed by atoms with van der Waals surface area (Å²) in [5.74, 6) is 0.400. The summed E-state index contributed by atoms with van der Waals surface area (Å²) in [6.07, 6.45) is 3.83. The topological polar surface area (TPSA) is 66.8 Å². The molecule has 1 saturated heterocycles. The van der Waals surface area contributed by atoms with Crippen molar-refractivity contribution in [2.45, 2.75) is 31.9 Å². The Morgan fingerprint density at radius 2 is 2.11 bits per heavy atom. The average Bonchev–Trinajstić information content (AvgIpc) is 3.38. The Morgan fingerprint density at radius 1 is 1.26 bits per heavy atom. The van der Waals surface area contributed by atoms with E-state index < -0.39 is 6.10 Å². The highest BCUT2D eigenvalue weighted by Crippen LogP contribution is 2.19. The molecule has 2 aromatic rings. The predicted molar refractivity (Wildman–Crippen MR) is 100.0 cm³/mol. The lowest BCUT2D eigenvalue weighted by molar-refractivity contribution is -0.131. The lowest BCUT2D eigenvalue weighted by atomic mass is 10.0. The molecule has 3 heterocycles. The first-order valence-electron chi connectivity index (χ1n) is 9.15. The van der Waals surface area contributed by atoms with E-state index >= 15 is 0 Å². The Kier molecular flexibility index (Phi) is 5.00. The van der Waals surface area contributed by atoms with Gasteiger partial charge in [-0.3, -0.25) is 4.79 Å². The number of pyridine rings is 1. The molecular formula is C20H21FN4O2. The monoisotopic (exact) mass is 368 g/mol. The van der Waals surface area contributed by atoms with Crippen molar-refractivity contribution in [2.24, 2.45) is 5.16 Å². The number of nitrogens with one attached hydrogen (secondary N) is 1. The van der Waals surface area contributed by atoms with Crippen molar-refractivity contribution >= 4 is 17.4 Å². The first kappa shape index (κ1) is 17.5. The van der Waals surface area contributed by atoms with Crippen molar-refractivity contribution in [3.8, 4) is 0 Å². The Morgan fingerprint density at radius 3 is 2.85 bits per heavy atom. The van der Waals surface area contributed by atoms with Gasteiger partial charge in [0.25, 0.3) is 5.91 Å². The van der Waals surface area contributed by atoms with Gasteiger partial charge in [-0.1, -0.05) is 23.4 Å². The number of nitrogens with zero attached hydrogens (tertiary/aromatic N) is 3. The zero-order valence-corrected chi connectivity index (χ0v) is 14.9. The van der Waals surface area contributed by atoms with Gasteiger partial charge in [-0.2, -0.15) is 0 Å². The molecule has 6 nitrogen and oxygen atoms in total. The lowest BCUT2D eigenvalue weighted by Crippen LogP contribution is -2.34. The number of hydrogen-bond acceptors (Lipinski definition) is 5. The minimum absolute atomic E-state index is 0.242. The van der Waals surface area contributed by atoms with Gasteiger partial charge in [-0.25, -0.2) is 9.37 Å². The molecule has 7 heteroatoms. The Labute approximate surface area is 157 Å². The smallest absolute Gasteiger partial charge is 0.264 e. The summed E-state index contributed by atoms with van der Waals surface area (Å²) in [6.45, 7) is 2.48. The van der Waals surface area contributed by atoms with E-state index in [0.717, 1.165) is 24.5 Å². The third-order valence-electron chi connectivity index (χ3n) is 4.83. The highest BCUT2D eigenvalue weighted by molar-refractivity contribution is 6.04. The van der Waals surface area contributed by atoms with Crippen LogP contribution in [0.4, 0.5) is 10.2 Å². The Hall–Kier alpha value is -2.96. The molecule has 0 radical (unpaired) electrons. The van der Waals surface area contributed by atoms with Crippen LogP contribution in [0.5, 0.6) is 0 Å². The number of amides is 1. The number of benzene rings is 1. The van der Waals surface area contributed by atoms with Crippen LogP contribution in [0.15, 0.2) is 47.8 Å². The first-order chi connectivity index (χ1) is 13.2. The molecule has 1 N–H and O–H groups in total. The van der Waals surface area contributed by atoms with Gasteiger partial charge in [-0.05, 0) is 36.6 Å². The van der Waals surface area contributed by atoms with Crippen LogP contribution in [0, 0.1) is 5.82 Å². The van der Waals surface area contributed by atoms with E-state index in [4.69, 9.17) is 4.84 Å². The molecule has 0 spiro atoms. The van der Waals surface area contributed by atoms with Crippen molar-refractivity contribution in [3.63, 3.8) is 0 Å². The second-order valence-electron chi connectivity index (χ2n) is 6.78. The largest absolute Gasteiger partial charge is 0.382 e. The minimum Gasteiger partial charge on any atom is -0.382 e. The number of rotatable bonds is 5. The van der Waals surface area contributed by atoms with E-state index in [-0.39, 0.29) is 11.7 Å². The number of aromatic nitrogens is 1. The van der Waals surface area contributed by atoms with Crippen LogP contribution in [-0.2, 0) is 16.2 Å². The molecule has 1 aromatic heterocycles. The lowest BCUT2D eigenvalue weighted by Gasteiger charge is -2.16. The number of hydrogen-bond donors (Lipinski definition) is 1. The summed E-state index contributed by atoms with van der Waals surface area (Å²) in [4.78, 5) is 24.3. The van der Waals surface area contributed by atoms with E-state index in [1.54, 1.807) is 18.3 Å². The highest BCUT2D eigenvalue weighted by atomic mass is 19.1. The highest BCUT2D eigenvalue weighted by Gasteiger charge is 2.28. The molecule has 1 atom stereocenters. The van der Waals surface area contributed by atoms with Crippen LogP contribution in [0.1, 0.15) is 30.4 Å². The maximum absolute atomic E-state index is 13.3. The quantitative estimate of drug-likeness (QED) is 0.881. The normalized spacial score (nSPS) is 18.9. The summed E-state index contributed by atoms with van der Waals surface area (Å²) in [6, 6.07) is 10.1. The van der Waals surface area contributed by atoms with Gasteiger partial charge in [0.15, 0.2) is 0 Å². The van der Waals surface area contributed by atoms with Crippen molar-refractivity contribution < 1.29 is 14.0 Å². The molecule has 1 fully saturated rings. The van der Waals surface area contributed by atoms with Crippen LogP contribution in [0.2, 0.25) is 0 Å². The van der Waals surface area contributed by atoms with E-state index in [1.807, 2.05) is 12.1 Å². The van der Waals surface area contributed by atoms with Gasteiger partial charge in [0.1, 0.15) is 11.6 Å². The number of halogens is 1. The molecular weight excluding hydrogens is 347 g/mol. The van der Waals surface area contributed by atoms with Crippen molar-refractivity contribution in [3.05, 3.63) is 59.5 Å². The molecule has 4 rings (SSSR count). The molecule has 0 saturated carbocycles. The zero-order valence-electron chi connectivity index (χ0n) is 14.9. The van der Waals surface area contributed by atoms with Crippen LogP contribution >= 0.6 is 0 Å². The fraction of sp³-hybridized carbons (Fsp3) is 0.350. The van der Waals surface area contributed by atoms with E-state index in [9.17, 15) is 9.18 Å².